The van der Waals surface area contributed by atoms with Crippen LogP contribution in [0.2, 0.25) is 0 Å². The molecule has 9 aromatic rings. The maximum absolute atomic E-state index is 2.49. The second-order valence-corrected chi connectivity index (χ2v) is 16.5. The summed E-state index contributed by atoms with van der Waals surface area (Å²) in [4.78, 5) is 2.49. The van der Waals surface area contributed by atoms with Gasteiger partial charge in [0.25, 0.3) is 0 Å². The molecule has 0 N–H and O–H groups in total. The van der Waals surface area contributed by atoms with Crippen LogP contribution in [0.25, 0.3) is 44.5 Å². The molecule has 1 nitrogen and oxygen atoms in total. The Morgan fingerprint density at radius 3 is 1.41 bits per heavy atom. The molecule has 0 saturated carbocycles. The molecule has 0 fully saturated rings. The van der Waals surface area contributed by atoms with E-state index in [4.69, 9.17) is 0 Å². The monoisotopic (exact) mass is 753 g/mol. The summed E-state index contributed by atoms with van der Waals surface area (Å²) in [5.41, 5.74) is 20.4. The Bertz CT molecular complexity index is 2970. The second kappa shape index (κ2) is 13.7. The van der Waals surface area contributed by atoms with E-state index in [0.717, 1.165) is 17.1 Å². The average Bonchev–Trinajstić information content (AvgIpc) is 3.73. The predicted molar refractivity (Wildman–Crippen MR) is 247 cm³/mol. The van der Waals surface area contributed by atoms with Crippen molar-refractivity contribution >= 4 is 17.1 Å². The van der Waals surface area contributed by atoms with Gasteiger partial charge in [0.1, 0.15) is 0 Å². The molecular formula is C58H43N. The van der Waals surface area contributed by atoms with Crippen LogP contribution in [0.15, 0.2) is 224 Å². The molecule has 0 spiro atoms. The zero-order valence-corrected chi connectivity index (χ0v) is 33.3. The standard InChI is InChI=1S/C58H43N/c1-57(2)53-30-15-12-27-49(53)52-34-33-47(39-56(52)57)59(46-26-18-23-42(36-46)40-19-6-3-7-20-40)48-37-43(41-21-8-4-9-22-41)35-45(38-48)58(44-24-10-5-11-25-44)54-31-16-13-28-50(54)51-29-14-17-32-55(51)58/h3-39H,1-2H3. The van der Waals surface area contributed by atoms with Crippen molar-refractivity contribution < 1.29 is 0 Å². The minimum Gasteiger partial charge on any atom is -0.310 e. The van der Waals surface area contributed by atoms with Gasteiger partial charge in [-0.3, -0.25) is 0 Å². The zero-order valence-electron chi connectivity index (χ0n) is 33.3. The molecule has 1 heteroatoms. The third-order valence-electron chi connectivity index (χ3n) is 12.9. The van der Waals surface area contributed by atoms with Crippen LogP contribution < -0.4 is 4.90 Å². The molecule has 2 aliphatic carbocycles. The van der Waals surface area contributed by atoms with Crippen molar-refractivity contribution in [2.45, 2.75) is 24.7 Å². The summed E-state index contributed by atoms with van der Waals surface area (Å²) in [6.07, 6.45) is 0. The van der Waals surface area contributed by atoms with E-state index in [9.17, 15) is 0 Å². The van der Waals surface area contributed by atoms with E-state index in [-0.39, 0.29) is 5.41 Å². The van der Waals surface area contributed by atoms with Gasteiger partial charge >= 0.3 is 0 Å². The number of anilines is 3. The number of hydrogen-bond donors (Lipinski definition) is 0. The van der Waals surface area contributed by atoms with E-state index in [1.54, 1.807) is 0 Å². The SMILES string of the molecule is CC1(C)c2ccccc2-c2ccc(N(c3cccc(-c4ccccc4)c3)c3cc(-c4ccccc4)cc(C4(c5ccccc5)c5ccccc5-c5ccccc54)c3)cc21. The summed E-state index contributed by atoms with van der Waals surface area (Å²) in [6.45, 7) is 4.74. The van der Waals surface area contributed by atoms with Crippen molar-refractivity contribution in [2.24, 2.45) is 0 Å². The minimum atomic E-state index is -0.562. The molecule has 11 rings (SSSR count). The van der Waals surface area contributed by atoms with Crippen LogP contribution in [-0.4, -0.2) is 0 Å². The summed E-state index contributed by atoms with van der Waals surface area (Å²) in [5.74, 6) is 0. The van der Waals surface area contributed by atoms with Gasteiger partial charge in [-0.1, -0.05) is 196 Å². The molecule has 0 radical (unpaired) electrons. The number of hydrogen-bond acceptors (Lipinski definition) is 1. The van der Waals surface area contributed by atoms with E-state index in [1.807, 2.05) is 0 Å². The maximum Gasteiger partial charge on any atom is 0.0714 e. The van der Waals surface area contributed by atoms with Gasteiger partial charge in [-0.2, -0.15) is 0 Å². The van der Waals surface area contributed by atoms with E-state index >= 15 is 0 Å². The van der Waals surface area contributed by atoms with Gasteiger partial charge < -0.3 is 4.90 Å². The van der Waals surface area contributed by atoms with Gasteiger partial charge in [-0.25, -0.2) is 0 Å². The summed E-state index contributed by atoms with van der Waals surface area (Å²) in [7, 11) is 0. The van der Waals surface area contributed by atoms with Crippen LogP contribution in [-0.2, 0) is 10.8 Å². The number of rotatable bonds is 7. The van der Waals surface area contributed by atoms with Gasteiger partial charge in [0.15, 0.2) is 0 Å². The highest BCUT2D eigenvalue weighted by Crippen LogP contribution is 2.57. The third kappa shape index (κ3) is 5.46. The smallest absolute Gasteiger partial charge is 0.0714 e. The van der Waals surface area contributed by atoms with Crippen molar-refractivity contribution in [2.75, 3.05) is 4.90 Å². The topological polar surface area (TPSA) is 3.24 Å². The first-order chi connectivity index (χ1) is 29.0. The fraction of sp³-hybridized carbons (Fsp3) is 0.0690. The molecule has 0 atom stereocenters. The van der Waals surface area contributed by atoms with Crippen LogP contribution in [0.3, 0.4) is 0 Å². The number of benzene rings is 9. The fourth-order valence-corrected chi connectivity index (χ4v) is 10.2. The first kappa shape index (κ1) is 35.0. The van der Waals surface area contributed by atoms with E-state index < -0.39 is 5.41 Å². The third-order valence-corrected chi connectivity index (χ3v) is 12.9. The lowest BCUT2D eigenvalue weighted by Crippen LogP contribution is -2.29. The van der Waals surface area contributed by atoms with Crippen LogP contribution in [0.1, 0.15) is 47.2 Å². The molecule has 59 heavy (non-hydrogen) atoms. The van der Waals surface area contributed by atoms with Crippen molar-refractivity contribution in [3.63, 3.8) is 0 Å². The molecular weight excluding hydrogens is 711 g/mol. The van der Waals surface area contributed by atoms with Crippen molar-refractivity contribution in [1.29, 1.82) is 0 Å². The Kier molecular flexibility index (Phi) is 8.13. The maximum atomic E-state index is 2.49. The predicted octanol–water partition coefficient (Wildman–Crippen LogP) is 15.2. The lowest BCUT2D eigenvalue weighted by Gasteiger charge is -2.36. The highest BCUT2D eigenvalue weighted by molar-refractivity contribution is 5.90. The van der Waals surface area contributed by atoms with Crippen LogP contribution in [0.4, 0.5) is 17.1 Å². The second-order valence-electron chi connectivity index (χ2n) is 16.5. The Hall–Kier alpha value is -7.22. The Balaban J connectivity index is 1.22. The van der Waals surface area contributed by atoms with Gasteiger partial charge in [0, 0.05) is 22.5 Å². The Labute approximate surface area is 347 Å². The molecule has 0 saturated heterocycles. The first-order valence-corrected chi connectivity index (χ1v) is 20.7. The minimum absolute atomic E-state index is 0.148. The zero-order chi connectivity index (χ0) is 39.6. The first-order valence-electron chi connectivity index (χ1n) is 20.7. The fourth-order valence-electron chi connectivity index (χ4n) is 10.2. The number of fused-ring (bicyclic) bond motifs is 6. The molecule has 0 unspecified atom stereocenters. The van der Waals surface area contributed by atoms with Crippen LogP contribution >= 0.6 is 0 Å². The highest BCUT2D eigenvalue weighted by atomic mass is 15.1. The van der Waals surface area contributed by atoms with E-state index in [1.165, 1.54) is 77.9 Å². The summed E-state index contributed by atoms with van der Waals surface area (Å²) >= 11 is 0. The van der Waals surface area contributed by atoms with Crippen LogP contribution in [0.5, 0.6) is 0 Å². The van der Waals surface area contributed by atoms with Gasteiger partial charge in [-0.05, 0) is 120 Å². The van der Waals surface area contributed by atoms with Crippen molar-refractivity contribution in [3.05, 3.63) is 258 Å². The lowest BCUT2D eigenvalue weighted by atomic mass is 9.67. The molecule has 2 aliphatic rings. The van der Waals surface area contributed by atoms with E-state index in [0.29, 0.717) is 0 Å². The highest BCUT2D eigenvalue weighted by Gasteiger charge is 2.46. The van der Waals surface area contributed by atoms with Crippen molar-refractivity contribution in [3.8, 4) is 44.5 Å². The molecule has 280 valence electrons. The Morgan fingerprint density at radius 2 is 0.763 bits per heavy atom. The number of nitrogens with zero attached hydrogens (tertiary/aromatic N) is 1. The summed E-state index contributed by atoms with van der Waals surface area (Å²) < 4.78 is 0. The molecule has 0 amide bonds. The summed E-state index contributed by atoms with van der Waals surface area (Å²) in [5, 5.41) is 0. The molecule has 0 aromatic heterocycles. The molecule has 0 bridgehead atoms. The molecule has 0 aliphatic heterocycles. The van der Waals surface area contributed by atoms with Gasteiger partial charge in [0.2, 0.25) is 0 Å². The molecule has 0 heterocycles. The largest absolute Gasteiger partial charge is 0.310 e. The van der Waals surface area contributed by atoms with Gasteiger partial charge in [-0.15, -0.1) is 0 Å². The summed E-state index contributed by atoms with van der Waals surface area (Å²) in [6, 6.07) is 83.2. The normalized spacial score (nSPS) is 13.9. The average molecular weight is 754 g/mol. The lowest BCUT2D eigenvalue weighted by molar-refractivity contribution is 0.660. The molecule has 9 aromatic carbocycles. The van der Waals surface area contributed by atoms with Gasteiger partial charge in [0.05, 0.1) is 5.41 Å². The van der Waals surface area contributed by atoms with Crippen molar-refractivity contribution in [1.82, 2.24) is 0 Å². The van der Waals surface area contributed by atoms with E-state index in [2.05, 4.69) is 243 Å². The quantitative estimate of drug-likeness (QED) is 0.157. The Morgan fingerprint density at radius 1 is 0.288 bits per heavy atom. The van der Waals surface area contributed by atoms with Crippen LogP contribution in [0, 0.1) is 0 Å².